The van der Waals surface area contributed by atoms with E-state index in [9.17, 15) is 0 Å². The van der Waals surface area contributed by atoms with Crippen LogP contribution in [0, 0.1) is 0 Å². The van der Waals surface area contributed by atoms with E-state index in [1.807, 2.05) is 0 Å². The molecule has 0 spiro atoms. The first-order valence-electron chi connectivity index (χ1n) is 22.3. The molecule has 0 amide bonds. The van der Waals surface area contributed by atoms with Gasteiger partial charge in [-0.25, -0.2) is 0 Å². The van der Waals surface area contributed by atoms with Crippen LogP contribution in [0.2, 0.25) is 0 Å². The zero-order chi connectivity index (χ0) is 42.5. The Kier molecular flexibility index (Phi) is 8.30. The number of rotatable bonds is 6. The number of hydrogen-bond acceptors (Lipinski definition) is 1. The molecule has 0 saturated carbocycles. The monoisotopic (exact) mass is 805 g/mol. The van der Waals surface area contributed by atoms with E-state index in [2.05, 4.69) is 245 Å². The fourth-order valence-corrected chi connectivity index (χ4v) is 11.1. The average molecular weight is 806 g/mol. The molecule has 12 rings (SSSR count). The van der Waals surface area contributed by atoms with Crippen LogP contribution in [0.5, 0.6) is 0 Å². The molecule has 0 aromatic heterocycles. The van der Waals surface area contributed by atoms with E-state index < -0.39 is 0 Å². The Labute approximate surface area is 370 Å². The summed E-state index contributed by atoms with van der Waals surface area (Å²) >= 11 is 0. The number of fused-ring (bicyclic) bond motifs is 9. The van der Waals surface area contributed by atoms with Crippen LogP contribution in [0.3, 0.4) is 0 Å². The van der Waals surface area contributed by atoms with Crippen LogP contribution < -0.4 is 4.90 Å². The first-order valence-corrected chi connectivity index (χ1v) is 22.3. The van der Waals surface area contributed by atoms with E-state index in [-0.39, 0.29) is 10.8 Å². The minimum atomic E-state index is -0.0726. The first-order chi connectivity index (χ1) is 30.8. The Bertz CT molecular complexity index is 3420. The molecule has 2 aliphatic rings. The number of anilines is 3. The molecule has 0 fully saturated rings. The van der Waals surface area contributed by atoms with E-state index in [0.717, 1.165) is 17.1 Å². The van der Waals surface area contributed by atoms with Crippen molar-refractivity contribution in [1.82, 2.24) is 0 Å². The second-order valence-corrected chi connectivity index (χ2v) is 18.5. The first kappa shape index (κ1) is 37.3. The Morgan fingerprint density at radius 3 is 1.38 bits per heavy atom. The third-order valence-corrected chi connectivity index (χ3v) is 14.3. The largest absolute Gasteiger partial charge is 0.310 e. The van der Waals surface area contributed by atoms with Crippen molar-refractivity contribution in [2.24, 2.45) is 0 Å². The van der Waals surface area contributed by atoms with Crippen molar-refractivity contribution in [2.45, 2.75) is 38.5 Å². The van der Waals surface area contributed by atoms with Gasteiger partial charge in [0.25, 0.3) is 0 Å². The average Bonchev–Trinajstić information content (AvgIpc) is 3.72. The second-order valence-electron chi connectivity index (χ2n) is 18.5. The molecule has 63 heavy (non-hydrogen) atoms. The molecule has 0 bridgehead atoms. The third kappa shape index (κ3) is 5.69. The van der Waals surface area contributed by atoms with Gasteiger partial charge < -0.3 is 4.90 Å². The van der Waals surface area contributed by atoms with Crippen molar-refractivity contribution in [2.75, 3.05) is 4.90 Å². The van der Waals surface area contributed by atoms with Crippen LogP contribution in [0.4, 0.5) is 17.1 Å². The van der Waals surface area contributed by atoms with Gasteiger partial charge in [0, 0.05) is 27.9 Å². The molecule has 1 nitrogen and oxygen atoms in total. The zero-order valence-corrected chi connectivity index (χ0v) is 36.2. The summed E-state index contributed by atoms with van der Waals surface area (Å²) in [5.74, 6) is 0. The molecule has 2 aliphatic carbocycles. The SMILES string of the molecule is CC1(C)c2ccccc2-c2c(-c3ccc(N(c4ccc(-c5cccc6cccc(-c7ccccc7)c56)cc4)c4ccc5ccc6c(c5c4)-c4ccccc4C6(C)C)cc3)cccc21. The lowest BCUT2D eigenvalue weighted by Crippen LogP contribution is -2.14. The Morgan fingerprint density at radius 2 is 0.746 bits per heavy atom. The lowest BCUT2D eigenvalue weighted by atomic mass is 9.82. The van der Waals surface area contributed by atoms with Crippen molar-refractivity contribution in [3.63, 3.8) is 0 Å². The predicted octanol–water partition coefficient (Wildman–Crippen LogP) is 17.1. The molecular formula is C62H47N. The molecule has 0 aliphatic heterocycles. The third-order valence-electron chi connectivity index (χ3n) is 14.3. The van der Waals surface area contributed by atoms with E-state index in [4.69, 9.17) is 0 Å². The smallest absolute Gasteiger partial charge is 0.0468 e. The molecule has 0 N–H and O–H groups in total. The predicted molar refractivity (Wildman–Crippen MR) is 268 cm³/mol. The van der Waals surface area contributed by atoms with Crippen molar-refractivity contribution >= 4 is 38.6 Å². The lowest BCUT2D eigenvalue weighted by molar-refractivity contribution is 0.660. The zero-order valence-electron chi connectivity index (χ0n) is 36.2. The van der Waals surface area contributed by atoms with Gasteiger partial charge in [-0.1, -0.05) is 204 Å². The summed E-state index contributed by atoms with van der Waals surface area (Å²) in [5, 5.41) is 5.05. The van der Waals surface area contributed by atoms with Gasteiger partial charge in [-0.2, -0.15) is 0 Å². The van der Waals surface area contributed by atoms with Gasteiger partial charge in [-0.3, -0.25) is 0 Å². The van der Waals surface area contributed by atoms with Gasteiger partial charge in [0.1, 0.15) is 0 Å². The summed E-state index contributed by atoms with van der Waals surface area (Å²) in [6.45, 7) is 9.44. The van der Waals surface area contributed by atoms with Gasteiger partial charge in [-0.05, 0) is 136 Å². The molecule has 300 valence electrons. The van der Waals surface area contributed by atoms with Crippen molar-refractivity contribution in [1.29, 1.82) is 0 Å². The van der Waals surface area contributed by atoms with Crippen LogP contribution in [-0.2, 0) is 10.8 Å². The van der Waals surface area contributed by atoms with E-state index >= 15 is 0 Å². The summed E-state index contributed by atoms with van der Waals surface area (Å²) in [6, 6.07) is 79.0. The Hall–Kier alpha value is -7.48. The van der Waals surface area contributed by atoms with Crippen molar-refractivity contribution < 1.29 is 0 Å². The molecule has 1 heteroatoms. The fraction of sp³-hybridized carbons (Fsp3) is 0.0968. The molecule has 0 heterocycles. The quantitative estimate of drug-likeness (QED) is 0.162. The highest BCUT2D eigenvalue weighted by atomic mass is 15.1. The number of hydrogen-bond donors (Lipinski definition) is 0. The molecule has 10 aromatic rings. The maximum atomic E-state index is 2.44. The van der Waals surface area contributed by atoms with E-state index in [1.165, 1.54) is 99.4 Å². The molecule has 0 atom stereocenters. The number of benzene rings is 10. The van der Waals surface area contributed by atoms with Crippen molar-refractivity contribution in [3.05, 3.63) is 235 Å². The summed E-state index contributed by atoms with van der Waals surface area (Å²) in [7, 11) is 0. The lowest BCUT2D eigenvalue weighted by Gasteiger charge is -2.27. The highest BCUT2D eigenvalue weighted by Crippen LogP contribution is 2.54. The van der Waals surface area contributed by atoms with Gasteiger partial charge in [0.2, 0.25) is 0 Å². The Morgan fingerprint density at radius 1 is 0.302 bits per heavy atom. The van der Waals surface area contributed by atoms with Crippen LogP contribution in [0.15, 0.2) is 212 Å². The summed E-state index contributed by atoms with van der Waals surface area (Å²) in [4.78, 5) is 2.44. The van der Waals surface area contributed by atoms with Crippen LogP contribution in [0.1, 0.15) is 49.9 Å². The molecule has 0 radical (unpaired) electrons. The molecule has 0 saturated heterocycles. The summed E-state index contributed by atoms with van der Waals surface area (Å²) in [5.41, 5.74) is 21.6. The topological polar surface area (TPSA) is 3.24 Å². The van der Waals surface area contributed by atoms with Crippen LogP contribution >= 0.6 is 0 Å². The van der Waals surface area contributed by atoms with Gasteiger partial charge in [0.05, 0.1) is 0 Å². The molecular weight excluding hydrogens is 759 g/mol. The van der Waals surface area contributed by atoms with E-state index in [0.29, 0.717) is 0 Å². The van der Waals surface area contributed by atoms with Crippen LogP contribution in [0.25, 0.3) is 77.2 Å². The van der Waals surface area contributed by atoms with Crippen molar-refractivity contribution in [3.8, 4) is 55.6 Å². The highest BCUT2D eigenvalue weighted by Gasteiger charge is 2.37. The maximum absolute atomic E-state index is 2.44. The van der Waals surface area contributed by atoms with E-state index in [1.54, 1.807) is 0 Å². The highest BCUT2D eigenvalue weighted by molar-refractivity contribution is 6.07. The summed E-state index contributed by atoms with van der Waals surface area (Å²) < 4.78 is 0. The molecule has 10 aromatic carbocycles. The Balaban J connectivity index is 1.01. The normalized spacial score (nSPS) is 14.0. The fourth-order valence-electron chi connectivity index (χ4n) is 11.1. The van der Waals surface area contributed by atoms with Gasteiger partial charge in [0.15, 0.2) is 0 Å². The van der Waals surface area contributed by atoms with Gasteiger partial charge in [-0.15, -0.1) is 0 Å². The maximum Gasteiger partial charge on any atom is 0.0468 e. The number of nitrogens with zero attached hydrogens (tertiary/aromatic N) is 1. The van der Waals surface area contributed by atoms with Gasteiger partial charge >= 0.3 is 0 Å². The standard InChI is InChI=1S/C62H47N/c1-61(2)54-24-10-8-19-51(54)59-50(23-14-26-56(59)61)42-29-35-46(36-30-42)63(47-37-31-43-32-38-57-60(53(43)39-47)52-20-9-11-25-55(52)62(57,3)4)45-33-27-41(28-34-45)49-22-13-18-44-17-12-21-48(58(44)49)40-15-6-5-7-16-40/h5-39H,1-4H3. The van der Waals surface area contributed by atoms with Crippen LogP contribution in [-0.4, -0.2) is 0 Å². The minimum absolute atomic E-state index is 0.0496. The molecule has 0 unspecified atom stereocenters. The summed E-state index contributed by atoms with van der Waals surface area (Å²) in [6.07, 6.45) is 0. The minimum Gasteiger partial charge on any atom is -0.310 e. The second kappa shape index (κ2) is 14.0.